The van der Waals surface area contributed by atoms with Crippen molar-refractivity contribution in [3.63, 3.8) is 0 Å². The van der Waals surface area contributed by atoms with Crippen molar-refractivity contribution < 1.29 is 19.4 Å². The van der Waals surface area contributed by atoms with Gasteiger partial charge < -0.3 is 9.84 Å². The Hall–Kier alpha value is -2.36. The Kier molecular flexibility index (Phi) is 7.96. The molecule has 0 heterocycles. The van der Waals surface area contributed by atoms with Gasteiger partial charge >= 0.3 is 11.9 Å². The molecule has 0 saturated heterocycles. The lowest BCUT2D eigenvalue weighted by molar-refractivity contribution is -0.142. The van der Waals surface area contributed by atoms with Gasteiger partial charge in [0.1, 0.15) is 0 Å². The highest BCUT2D eigenvalue weighted by Gasteiger charge is 2.15. The van der Waals surface area contributed by atoms with Crippen molar-refractivity contribution in [3.8, 4) is 0 Å². The van der Waals surface area contributed by atoms with Gasteiger partial charge in [0.2, 0.25) is 0 Å². The van der Waals surface area contributed by atoms with Crippen molar-refractivity contribution >= 4 is 18.0 Å². The molecule has 1 rings (SSSR count). The zero-order valence-electron chi connectivity index (χ0n) is 14.8. The highest BCUT2D eigenvalue weighted by atomic mass is 16.5. The Morgan fingerprint density at radius 2 is 1.96 bits per heavy atom. The van der Waals surface area contributed by atoms with Crippen molar-refractivity contribution in [2.45, 2.75) is 40.0 Å². The first-order chi connectivity index (χ1) is 11.3. The predicted octanol–water partition coefficient (Wildman–Crippen LogP) is 4.34. The Morgan fingerprint density at radius 1 is 1.25 bits per heavy atom. The SMILES string of the molecule is CC(=O)OC[C@@H](C)C[C@@H](C)c1cccc(C)c1/C=C/C=C/C(=O)O. The van der Waals surface area contributed by atoms with Crippen LogP contribution < -0.4 is 0 Å². The number of carbonyl (C=O) groups is 2. The second kappa shape index (κ2) is 9.71. The summed E-state index contributed by atoms with van der Waals surface area (Å²) < 4.78 is 5.08. The summed E-state index contributed by atoms with van der Waals surface area (Å²) in [5, 5.41) is 8.64. The highest BCUT2D eigenvalue weighted by Crippen LogP contribution is 2.29. The van der Waals surface area contributed by atoms with E-state index in [1.54, 1.807) is 6.08 Å². The minimum atomic E-state index is -0.961. The maximum atomic E-state index is 10.9. The van der Waals surface area contributed by atoms with E-state index in [0.717, 1.165) is 23.6 Å². The number of hydrogen-bond donors (Lipinski definition) is 1. The number of allylic oxidation sites excluding steroid dienone is 2. The van der Waals surface area contributed by atoms with E-state index in [0.29, 0.717) is 12.5 Å². The standard InChI is InChI=1S/C20H26O4/c1-14(13-24-17(4)21)12-16(3)19-10-7-8-15(2)18(19)9-5-6-11-20(22)23/h5-11,14,16H,12-13H2,1-4H3,(H,22,23)/b9-5+,11-6+/t14-,16+/m0/s1. The number of benzene rings is 1. The van der Waals surface area contributed by atoms with Crippen LogP contribution in [0.5, 0.6) is 0 Å². The van der Waals surface area contributed by atoms with Crippen LogP contribution in [-0.4, -0.2) is 23.7 Å². The van der Waals surface area contributed by atoms with Crippen LogP contribution in [0.2, 0.25) is 0 Å². The summed E-state index contributed by atoms with van der Waals surface area (Å²) in [5.74, 6) is -0.636. The summed E-state index contributed by atoms with van der Waals surface area (Å²) in [6, 6.07) is 6.16. The third-order valence-electron chi connectivity index (χ3n) is 3.83. The minimum Gasteiger partial charge on any atom is -0.478 e. The maximum absolute atomic E-state index is 10.9. The Labute approximate surface area is 143 Å². The molecule has 130 valence electrons. The lowest BCUT2D eigenvalue weighted by Gasteiger charge is -2.20. The summed E-state index contributed by atoms with van der Waals surface area (Å²) >= 11 is 0. The number of carboxylic acid groups (broad SMARTS) is 1. The van der Waals surface area contributed by atoms with Crippen molar-refractivity contribution in [1.82, 2.24) is 0 Å². The van der Waals surface area contributed by atoms with Gasteiger partial charge in [0, 0.05) is 13.0 Å². The number of aryl methyl sites for hydroxylation is 1. The molecule has 2 atom stereocenters. The van der Waals surface area contributed by atoms with E-state index in [1.165, 1.54) is 18.6 Å². The normalized spacial score (nSPS) is 14.0. The van der Waals surface area contributed by atoms with E-state index < -0.39 is 5.97 Å². The number of hydrogen-bond acceptors (Lipinski definition) is 3. The summed E-state index contributed by atoms with van der Waals surface area (Å²) in [6.45, 7) is 8.12. The molecule has 4 heteroatoms. The molecule has 1 aromatic carbocycles. The van der Waals surface area contributed by atoms with Gasteiger partial charge in [0.05, 0.1) is 6.61 Å². The molecule has 0 amide bonds. The molecule has 0 bridgehead atoms. The summed E-state index contributed by atoms with van der Waals surface area (Å²) in [4.78, 5) is 21.4. The minimum absolute atomic E-state index is 0.251. The number of carboxylic acids is 1. The summed E-state index contributed by atoms with van der Waals surface area (Å²) in [5.41, 5.74) is 3.47. The van der Waals surface area contributed by atoms with Gasteiger partial charge in [-0.15, -0.1) is 0 Å². The van der Waals surface area contributed by atoms with Gasteiger partial charge in [-0.1, -0.05) is 50.3 Å². The number of rotatable bonds is 8. The molecule has 0 saturated carbocycles. The first-order valence-corrected chi connectivity index (χ1v) is 8.11. The van der Waals surface area contributed by atoms with Gasteiger partial charge in [-0.3, -0.25) is 4.79 Å². The van der Waals surface area contributed by atoms with Crippen LogP contribution in [0, 0.1) is 12.8 Å². The second-order valence-corrected chi connectivity index (χ2v) is 6.18. The van der Waals surface area contributed by atoms with Gasteiger partial charge in [-0.05, 0) is 41.9 Å². The van der Waals surface area contributed by atoms with Crippen LogP contribution in [0.4, 0.5) is 0 Å². The molecule has 0 aliphatic rings. The van der Waals surface area contributed by atoms with Gasteiger partial charge in [-0.2, -0.15) is 0 Å². The average Bonchev–Trinajstić information content (AvgIpc) is 2.50. The molecule has 1 aromatic rings. The Balaban J connectivity index is 2.88. The molecular weight excluding hydrogens is 304 g/mol. The Morgan fingerprint density at radius 3 is 2.58 bits per heavy atom. The molecule has 0 aromatic heterocycles. The third kappa shape index (κ3) is 6.82. The third-order valence-corrected chi connectivity index (χ3v) is 3.83. The monoisotopic (exact) mass is 330 g/mol. The molecule has 1 N–H and O–H groups in total. The van der Waals surface area contributed by atoms with Crippen LogP contribution in [0.25, 0.3) is 6.08 Å². The van der Waals surface area contributed by atoms with Crippen molar-refractivity contribution in [2.24, 2.45) is 5.92 Å². The number of aliphatic carboxylic acids is 1. The first-order valence-electron chi connectivity index (χ1n) is 8.11. The lowest BCUT2D eigenvalue weighted by atomic mass is 9.87. The second-order valence-electron chi connectivity index (χ2n) is 6.18. The largest absolute Gasteiger partial charge is 0.478 e. The van der Waals surface area contributed by atoms with Crippen LogP contribution in [0.3, 0.4) is 0 Å². The predicted molar refractivity (Wildman–Crippen MR) is 95.8 cm³/mol. The van der Waals surface area contributed by atoms with E-state index >= 15 is 0 Å². The van der Waals surface area contributed by atoms with Crippen LogP contribution in [-0.2, 0) is 14.3 Å². The zero-order valence-corrected chi connectivity index (χ0v) is 14.8. The number of ether oxygens (including phenoxy) is 1. The molecule has 0 aliphatic heterocycles. The van der Waals surface area contributed by atoms with Gasteiger partial charge in [-0.25, -0.2) is 4.79 Å². The van der Waals surface area contributed by atoms with Crippen molar-refractivity contribution in [1.29, 1.82) is 0 Å². The molecule has 24 heavy (non-hydrogen) atoms. The molecule has 0 unspecified atom stereocenters. The van der Waals surface area contributed by atoms with Crippen molar-refractivity contribution in [3.05, 3.63) is 53.1 Å². The molecule has 0 aliphatic carbocycles. The average molecular weight is 330 g/mol. The fraction of sp³-hybridized carbons (Fsp3) is 0.400. The van der Waals surface area contributed by atoms with Crippen LogP contribution in [0.15, 0.2) is 36.4 Å². The van der Waals surface area contributed by atoms with Crippen LogP contribution in [0.1, 0.15) is 49.8 Å². The van der Waals surface area contributed by atoms with E-state index in [2.05, 4.69) is 19.9 Å². The Bertz CT molecular complexity index is 629. The summed E-state index contributed by atoms with van der Waals surface area (Å²) in [7, 11) is 0. The van der Waals surface area contributed by atoms with Crippen molar-refractivity contribution in [2.75, 3.05) is 6.61 Å². The van der Waals surface area contributed by atoms with E-state index in [-0.39, 0.29) is 11.9 Å². The smallest absolute Gasteiger partial charge is 0.328 e. The van der Waals surface area contributed by atoms with Crippen LogP contribution >= 0.6 is 0 Å². The van der Waals surface area contributed by atoms with E-state index in [1.807, 2.05) is 25.1 Å². The fourth-order valence-corrected chi connectivity index (χ4v) is 2.71. The fourth-order valence-electron chi connectivity index (χ4n) is 2.71. The lowest BCUT2D eigenvalue weighted by Crippen LogP contribution is -2.12. The maximum Gasteiger partial charge on any atom is 0.328 e. The van der Waals surface area contributed by atoms with E-state index in [4.69, 9.17) is 9.84 Å². The number of carbonyl (C=O) groups excluding carboxylic acids is 1. The molecular formula is C20H26O4. The van der Waals surface area contributed by atoms with Gasteiger partial charge in [0.15, 0.2) is 0 Å². The first kappa shape index (κ1) is 19.7. The zero-order chi connectivity index (χ0) is 18.1. The molecule has 0 fully saturated rings. The number of esters is 1. The molecule has 0 radical (unpaired) electrons. The quantitative estimate of drug-likeness (QED) is 0.437. The van der Waals surface area contributed by atoms with Gasteiger partial charge in [0.25, 0.3) is 0 Å². The topological polar surface area (TPSA) is 63.6 Å². The summed E-state index contributed by atoms with van der Waals surface area (Å²) in [6.07, 6.45) is 7.22. The highest BCUT2D eigenvalue weighted by molar-refractivity contribution is 5.80. The molecule has 0 spiro atoms. The molecule has 4 nitrogen and oxygen atoms in total. The van der Waals surface area contributed by atoms with E-state index in [9.17, 15) is 9.59 Å².